The molecule has 2 heterocycles. The van der Waals surface area contributed by atoms with Gasteiger partial charge in [-0.2, -0.15) is 0 Å². The minimum atomic E-state index is -0.411. The fourth-order valence-electron chi connectivity index (χ4n) is 3.48. The van der Waals surface area contributed by atoms with Crippen LogP contribution in [0.25, 0.3) is 11.0 Å². The summed E-state index contributed by atoms with van der Waals surface area (Å²) >= 11 is 0. The number of benzene rings is 2. The highest BCUT2D eigenvalue weighted by molar-refractivity contribution is 6.04. The van der Waals surface area contributed by atoms with Crippen LogP contribution in [0.5, 0.6) is 5.75 Å². The number of carbonyl (C=O) groups excluding carboxylic acids is 2. The Morgan fingerprint density at radius 3 is 2.76 bits per heavy atom. The van der Waals surface area contributed by atoms with E-state index in [1.54, 1.807) is 37.3 Å². The third-order valence-electron chi connectivity index (χ3n) is 4.96. The minimum absolute atomic E-state index is 0.0662. The lowest BCUT2D eigenvalue weighted by Gasteiger charge is -2.17. The Hall–Kier alpha value is -3.39. The van der Waals surface area contributed by atoms with E-state index in [9.17, 15) is 9.59 Å². The third-order valence-corrected chi connectivity index (χ3v) is 4.96. The first kappa shape index (κ1) is 18.9. The summed E-state index contributed by atoms with van der Waals surface area (Å²) in [7, 11) is 3.20. The maximum Gasteiger partial charge on any atom is 0.229 e. The van der Waals surface area contributed by atoms with Crippen LogP contribution in [0.1, 0.15) is 12.2 Å². The number of aromatic amines is 1. The average Bonchev–Trinajstić information content (AvgIpc) is 3.31. The van der Waals surface area contributed by atoms with Crippen LogP contribution in [-0.2, 0) is 20.9 Å². The summed E-state index contributed by atoms with van der Waals surface area (Å²) < 4.78 is 10.2. The lowest BCUT2D eigenvalue weighted by molar-refractivity contribution is -0.122. The number of amides is 2. The van der Waals surface area contributed by atoms with Crippen molar-refractivity contribution in [3.8, 4) is 5.75 Å². The van der Waals surface area contributed by atoms with Gasteiger partial charge in [0.15, 0.2) is 0 Å². The molecule has 150 valence electrons. The van der Waals surface area contributed by atoms with Gasteiger partial charge in [-0.25, -0.2) is 4.98 Å². The van der Waals surface area contributed by atoms with Crippen LogP contribution in [0.15, 0.2) is 42.5 Å². The van der Waals surface area contributed by atoms with Gasteiger partial charge in [-0.15, -0.1) is 0 Å². The van der Waals surface area contributed by atoms with Gasteiger partial charge in [0.05, 0.1) is 24.1 Å². The van der Waals surface area contributed by atoms with E-state index in [-0.39, 0.29) is 18.2 Å². The molecule has 1 aromatic heterocycles. The van der Waals surface area contributed by atoms with Crippen molar-refractivity contribution in [1.82, 2.24) is 9.97 Å². The molecule has 0 bridgehead atoms. The number of H-pyrrole nitrogens is 1. The van der Waals surface area contributed by atoms with Crippen molar-refractivity contribution in [3.05, 3.63) is 48.3 Å². The molecule has 1 saturated heterocycles. The fourth-order valence-corrected chi connectivity index (χ4v) is 3.48. The van der Waals surface area contributed by atoms with E-state index in [4.69, 9.17) is 9.47 Å². The highest BCUT2D eigenvalue weighted by atomic mass is 16.5. The van der Waals surface area contributed by atoms with Crippen LogP contribution >= 0.6 is 0 Å². The zero-order valence-corrected chi connectivity index (χ0v) is 16.3. The summed E-state index contributed by atoms with van der Waals surface area (Å²) in [6.45, 7) is 0.739. The highest BCUT2D eigenvalue weighted by Crippen LogP contribution is 2.28. The van der Waals surface area contributed by atoms with E-state index in [1.807, 2.05) is 24.3 Å². The molecule has 8 nitrogen and oxygen atoms in total. The van der Waals surface area contributed by atoms with Gasteiger partial charge in [0.2, 0.25) is 11.8 Å². The van der Waals surface area contributed by atoms with E-state index in [0.717, 1.165) is 28.3 Å². The first-order valence-corrected chi connectivity index (χ1v) is 9.30. The lowest BCUT2D eigenvalue weighted by atomic mass is 10.1. The van der Waals surface area contributed by atoms with Gasteiger partial charge in [-0.05, 0) is 42.5 Å². The second kappa shape index (κ2) is 7.92. The first-order valence-electron chi connectivity index (χ1n) is 9.30. The predicted molar refractivity (Wildman–Crippen MR) is 109 cm³/mol. The van der Waals surface area contributed by atoms with Crippen LogP contribution in [0.2, 0.25) is 0 Å². The van der Waals surface area contributed by atoms with Gasteiger partial charge in [-0.1, -0.05) is 0 Å². The standard InChI is InChI=1S/C21H22N4O4/c1-28-12-19-23-17-8-3-14(10-18(17)24-19)22-21(27)13-9-20(26)25(11-13)15-4-6-16(29-2)7-5-15/h3-8,10,13H,9,11-12H2,1-2H3,(H,22,27)(H,23,24)/t13-/m1/s1. The van der Waals surface area contributed by atoms with Crippen molar-refractivity contribution in [3.63, 3.8) is 0 Å². The fraction of sp³-hybridized carbons (Fsp3) is 0.286. The molecule has 0 aliphatic carbocycles. The SMILES string of the molecule is COCc1nc2ccc(NC(=O)[C@@H]3CC(=O)N(c4ccc(OC)cc4)C3)cc2[nH]1. The summed E-state index contributed by atoms with van der Waals surface area (Å²) in [5.41, 5.74) is 3.04. The van der Waals surface area contributed by atoms with Gasteiger partial charge >= 0.3 is 0 Å². The molecule has 8 heteroatoms. The molecule has 4 rings (SSSR count). The summed E-state index contributed by atoms with van der Waals surface area (Å²) in [5, 5.41) is 2.91. The molecule has 3 aromatic rings. The number of hydrogen-bond donors (Lipinski definition) is 2. The number of aromatic nitrogens is 2. The number of nitrogens with one attached hydrogen (secondary N) is 2. The zero-order valence-electron chi connectivity index (χ0n) is 16.3. The number of nitrogens with zero attached hydrogens (tertiary/aromatic N) is 2. The monoisotopic (exact) mass is 394 g/mol. The van der Waals surface area contributed by atoms with Gasteiger partial charge in [0.1, 0.15) is 18.2 Å². The van der Waals surface area contributed by atoms with Crippen LogP contribution in [0, 0.1) is 5.92 Å². The van der Waals surface area contributed by atoms with Crippen molar-refractivity contribution in [1.29, 1.82) is 0 Å². The number of fused-ring (bicyclic) bond motifs is 1. The van der Waals surface area contributed by atoms with Crippen molar-refractivity contribution in [2.45, 2.75) is 13.0 Å². The van der Waals surface area contributed by atoms with Crippen LogP contribution < -0.4 is 15.0 Å². The van der Waals surface area contributed by atoms with Crippen LogP contribution in [0.4, 0.5) is 11.4 Å². The second-order valence-electron chi connectivity index (χ2n) is 6.94. The summed E-state index contributed by atoms with van der Waals surface area (Å²) in [6, 6.07) is 12.7. The Kier molecular flexibility index (Phi) is 5.18. The molecule has 2 N–H and O–H groups in total. The highest BCUT2D eigenvalue weighted by Gasteiger charge is 2.35. The molecule has 1 aliphatic rings. The summed E-state index contributed by atoms with van der Waals surface area (Å²) in [5.74, 6) is 0.792. The van der Waals surface area contributed by atoms with Crippen molar-refractivity contribution in [2.75, 3.05) is 31.0 Å². The smallest absolute Gasteiger partial charge is 0.229 e. The minimum Gasteiger partial charge on any atom is -0.497 e. The van der Waals surface area contributed by atoms with E-state index < -0.39 is 5.92 Å². The topological polar surface area (TPSA) is 96.5 Å². The van der Waals surface area contributed by atoms with Crippen molar-refractivity contribution in [2.24, 2.45) is 5.92 Å². The molecule has 2 amide bonds. The summed E-state index contributed by atoms with van der Waals surface area (Å²) in [4.78, 5) is 34.4. The van der Waals surface area contributed by atoms with Gasteiger partial charge in [0, 0.05) is 31.5 Å². The first-order chi connectivity index (χ1) is 14.1. The second-order valence-corrected chi connectivity index (χ2v) is 6.94. The molecule has 0 radical (unpaired) electrons. The lowest BCUT2D eigenvalue weighted by Crippen LogP contribution is -2.28. The van der Waals surface area contributed by atoms with Gasteiger partial charge in [0.25, 0.3) is 0 Å². The van der Waals surface area contributed by atoms with Gasteiger partial charge < -0.3 is 24.7 Å². The average molecular weight is 394 g/mol. The Balaban J connectivity index is 1.44. The predicted octanol–water partition coefficient (Wildman–Crippen LogP) is 2.71. The number of anilines is 2. The van der Waals surface area contributed by atoms with Gasteiger partial charge in [-0.3, -0.25) is 9.59 Å². The molecular formula is C21H22N4O4. The van der Waals surface area contributed by atoms with E-state index in [1.165, 1.54) is 0 Å². The molecule has 1 atom stereocenters. The number of methoxy groups -OCH3 is 2. The Morgan fingerprint density at radius 1 is 1.24 bits per heavy atom. The molecule has 1 aliphatic heterocycles. The maximum absolute atomic E-state index is 12.7. The third kappa shape index (κ3) is 3.93. The number of hydrogen-bond acceptors (Lipinski definition) is 5. The number of ether oxygens (including phenoxy) is 2. The molecule has 2 aromatic carbocycles. The molecule has 0 unspecified atom stereocenters. The molecule has 29 heavy (non-hydrogen) atoms. The molecule has 1 fully saturated rings. The molecular weight excluding hydrogens is 372 g/mol. The Bertz CT molecular complexity index is 1040. The number of imidazole rings is 1. The molecule has 0 spiro atoms. The number of carbonyl (C=O) groups is 2. The largest absolute Gasteiger partial charge is 0.497 e. The number of rotatable bonds is 6. The zero-order chi connectivity index (χ0) is 20.4. The molecule has 0 saturated carbocycles. The van der Waals surface area contributed by atoms with Crippen molar-refractivity contribution < 1.29 is 19.1 Å². The quantitative estimate of drug-likeness (QED) is 0.670. The van der Waals surface area contributed by atoms with Crippen LogP contribution in [-0.4, -0.2) is 42.5 Å². The van der Waals surface area contributed by atoms with Crippen molar-refractivity contribution >= 4 is 34.2 Å². The van der Waals surface area contributed by atoms with E-state index in [2.05, 4.69) is 15.3 Å². The van der Waals surface area contributed by atoms with Crippen LogP contribution in [0.3, 0.4) is 0 Å². The Labute approximate surface area is 167 Å². The maximum atomic E-state index is 12.7. The van der Waals surface area contributed by atoms with E-state index in [0.29, 0.717) is 18.8 Å². The Morgan fingerprint density at radius 2 is 2.03 bits per heavy atom. The van der Waals surface area contributed by atoms with E-state index >= 15 is 0 Å². The normalized spacial score (nSPS) is 16.4. The summed E-state index contributed by atoms with van der Waals surface area (Å²) in [6.07, 6.45) is 0.183.